The predicted octanol–water partition coefficient (Wildman–Crippen LogP) is 3.67. The Kier molecular flexibility index (Phi) is 5.41. The van der Waals surface area contributed by atoms with Crippen molar-refractivity contribution in [2.45, 2.75) is 64.1 Å². The van der Waals surface area contributed by atoms with Crippen LogP contribution in [0.4, 0.5) is 0 Å². The molecular weight excluding hydrogens is 234 g/mol. The fraction of sp³-hybridized carbons (Fsp3) is 0.647. The molecule has 3 unspecified atom stereocenters. The number of aliphatic hydroxyl groups is 1. The zero-order valence-corrected chi connectivity index (χ0v) is 12.2. The molecule has 3 atom stereocenters. The highest BCUT2D eigenvalue weighted by Gasteiger charge is 2.26. The van der Waals surface area contributed by atoms with Gasteiger partial charge in [-0.05, 0) is 24.3 Å². The van der Waals surface area contributed by atoms with Gasteiger partial charge in [0.25, 0.3) is 0 Å². The van der Waals surface area contributed by atoms with E-state index >= 15 is 0 Å². The van der Waals surface area contributed by atoms with Crippen molar-refractivity contribution < 1.29 is 5.11 Å². The van der Waals surface area contributed by atoms with Crippen LogP contribution < -0.4 is 5.32 Å². The summed E-state index contributed by atoms with van der Waals surface area (Å²) in [5.41, 5.74) is 1.33. The van der Waals surface area contributed by atoms with E-state index in [1.165, 1.54) is 18.4 Å². The fourth-order valence-corrected chi connectivity index (χ4v) is 3.05. The van der Waals surface area contributed by atoms with Crippen molar-refractivity contribution in [3.05, 3.63) is 35.9 Å². The van der Waals surface area contributed by atoms with Crippen LogP contribution in [0.5, 0.6) is 0 Å². The minimum absolute atomic E-state index is 0.188. The van der Waals surface area contributed by atoms with Gasteiger partial charge in [-0.2, -0.15) is 0 Å². The highest BCUT2D eigenvalue weighted by molar-refractivity contribution is 5.19. The standard InChI is InChI=1S/C17H27NO/c1-13(2)17(14-9-5-3-6-10-14)18-15-11-7-4-8-12-16(15)19/h3,5-6,9-10,13,15-19H,4,7-8,11-12H2,1-2H3. The fourth-order valence-electron chi connectivity index (χ4n) is 3.05. The quantitative estimate of drug-likeness (QED) is 0.811. The summed E-state index contributed by atoms with van der Waals surface area (Å²) >= 11 is 0. The molecule has 2 rings (SSSR count). The van der Waals surface area contributed by atoms with E-state index in [9.17, 15) is 5.11 Å². The second kappa shape index (κ2) is 7.06. The minimum Gasteiger partial charge on any atom is -0.392 e. The summed E-state index contributed by atoms with van der Waals surface area (Å²) < 4.78 is 0. The first-order valence-corrected chi connectivity index (χ1v) is 7.67. The first kappa shape index (κ1) is 14.5. The lowest BCUT2D eigenvalue weighted by molar-refractivity contribution is 0.109. The second-order valence-electron chi connectivity index (χ2n) is 6.11. The lowest BCUT2D eigenvalue weighted by Gasteiger charge is -2.30. The van der Waals surface area contributed by atoms with Crippen molar-refractivity contribution in [3.8, 4) is 0 Å². The van der Waals surface area contributed by atoms with Gasteiger partial charge in [-0.3, -0.25) is 0 Å². The van der Waals surface area contributed by atoms with E-state index < -0.39 is 0 Å². The highest BCUT2D eigenvalue weighted by atomic mass is 16.3. The molecule has 0 saturated heterocycles. The molecule has 1 aliphatic carbocycles. The average molecular weight is 261 g/mol. The first-order chi connectivity index (χ1) is 9.18. The van der Waals surface area contributed by atoms with Gasteiger partial charge >= 0.3 is 0 Å². The normalized spacial score (nSPS) is 26.1. The molecule has 1 aromatic rings. The number of rotatable bonds is 4. The van der Waals surface area contributed by atoms with Gasteiger partial charge in [0.2, 0.25) is 0 Å². The molecule has 1 aromatic carbocycles. The number of hydrogen-bond donors (Lipinski definition) is 2. The van der Waals surface area contributed by atoms with Crippen LogP contribution in [0.2, 0.25) is 0 Å². The van der Waals surface area contributed by atoms with Crippen LogP contribution in [-0.2, 0) is 0 Å². The summed E-state index contributed by atoms with van der Waals surface area (Å²) in [6.45, 7) is 4.49. The summed E-state index contributed by atoms with van der Waals surface area (Å²) in [4.78, 5) is 0. The molecule has 1 aliphatic rings. The summed E-state index contributed by atoms with van der Waals surface area (Å²) in [6, 6.07) is 11.2. The minimum atomic E-state index is -0.188. The Hall–Kier alpha value is -0.860. The van der Waals surface area contributed by atoms with Gasteiger partial charge in [0.15, 0.2) is 0 Å². The number of aliphatic hydroxyl groups excluding tert-OH is 1. The average Bonchev–Trinajstić information content (AvgIpc) is 2.61. The van der Waals surface area contributed by atoms with Crippen LogP contribution in [0.3, 0.4) is 0 Å². The highest BCUT2D eigenvalue weighted by Crippen LogP contribution is 2.26. The SMILES string of the molecule is CC(C)C(NC1CCCCCC1O)c1ccccc1. The Labute approximate surface area is 117 Å². The second-order valence-corrected chi connectivity index (χ2v) is 6.11. The van der Waals surface area contributed by atoms with Gasteiger partial charge in [-0.15, -0.1) is 0 Å². The van der Waals surface area contributed by atoms with E-state index in [1.54, 1.807) is 0 Å². The van der Waals surface area contributed by atoms with Crippen LogP contribution in [-0.4, -0.2) is 17.3 Å². The van der Waals surface area contributed by atoms with Gasteiger partial charge in [0.1, 0.15) is 0 Å². The molecule has 1 saturated carbocycles. The van der Waals surface area contributed by atoms with Gasteiger partial charge in [0.05, 0.1) is 6.10 Å². The number of benzene rings is 1. The third-order valence-corrected chi connectivity index (χ3v) is 4.20. The predicted molar refractivity (Wildman–Crippen MR) is 80.0 cm³/mol. The maximum absolute atomic E-state index is 10.3. The van der Waals surface area contributed by atoms with Gasteiger partial charge in [0, 0.05) is 12.1 Å². The van der Waals surface area contributed by atoms with Crippen molar-refractivity contribution >= 4 is 0 Å². The Balaban J connectivity index is 2.08. The van der Waals surface area contributed by atoms with Crippen molar-refractivity contribution in [1.82, 2.24) is 5.32 Å². The van der Waals surface area contributed by atoms with Crippen LogP contribution in [0.15, 0.2) is 30.3 Å². The lowest BCUT2D eigenvalue weighted by Crippen LogP contribution is -2.42. The molecule has 106 valence electrons. The lowest BCUT2D eigenvalue weighted by atomic mass is 9.93. The third-order valence-electron chi connectivity index (χ3n) is 4.20. The molecule has 19 heavy (non-hydrogen) atoms. The van der Waals surface area contributed by atoms with Crippen molar-refractivity contribution in [1.29, 1.82) is 0 Å². The summed E-state index contributed by atoms with van der Waals surface area (Å²) in [5, 5.41) is 14.0. The Morgan fingerprint density at radius 1 is 1.05 bits per heavy atom. The summed E-state index contributed by atoms with van der Waals surface area (Å²) in [5.74, 6) is 0.526. The molecular formula is C17H27NO. The molecule has 0 aromatic heterocycles. The van der Waals surface area contributed by atoms with Crippen molar-refractivity contribution in [2.75, 3.05) is 0 Å². The maximum atomic E-state index is 10.3. The molecule has 2 nitrogen and oxygen atoms in total. The van der Waals surface area contributed by atoms with E-state index in [-0.39, 0.29) is 12.1 Å². The Morgan fingerprint density at radius 2 is 1.74 bits per heavy atom. The van der Waals surface area contributed by atoms with Crippen LogP contribution in [0.25, 0.3) is 0 Å². The van der Waals surface area contributed by atoms with E-state index in [1.807, 2.05) is 0 Å². The number of nitrogens with one attached hydrogen (secondary N) is 1. The molecule has 0 spiro atoms. The molecule has 2 N–H and O–H groups in total. The van der Waals surface area contributed by atoms with Crippen LogP contribution in [0.1, 0.15) is 57.6 Å². The Bertz CT molecular complexity index is 363. The third kappa shape index (κ3) is 4.05. The van der Waals surface area contributed by atoms with E-state index in [4.69, 9.17) is 0 Å². The smallest absolute Gasteiger partial charge is 0.0693 e. The van der Waals surface area contributed by atoms with Crippen molar-refractivity contribution in [2.24, 2.45) is 5.92 Å². The Morgan fingerprint density at radius 3 is 2.42 bits per heavy atom. The van der Waals surface area contributed by atoms with Crippen LogP contribution >= 0.6 is 0 Å². The molecule has 2 heteroatoms. The molecule has 0 amide bonds. The molecule has 1 fully saturated rings. The topological polar surface area (TPSA) is 32.3 Å². The zero-order chi connectivity index (χ0) is 13.7. The number of hydrogen-bond acceptors (Lipinski definition) is 2. The van der Waals surface area contributed by atoms with Crippen molar-refractivity contribution in [3.63, 3.8) is 0 Å². The molecule has 0 bridgehead atoms. The van der Waals surface area contributed by atoms with Gasteiger partial charge in [-0.1, -0.05) is 63.4 Å². The molecule has 0 heterocycles. The maximum Gasteiger partial charge on any atom is 0.0693 e. The van der Waals surface area contributed by atoms with Gasteiger partial charge in [-0.25, -0.2) is 0 Å². The first-order valence-electron chi connectivity index (χ1n) is 7.67. The zero-order valence-electron chi connectivity index (χ0n) is 12.2. The largest absolute Gasteiger partial charge is 0.392 e. The van der Waals surface area contributed by atoms with Crippen LogP contribution in [0, 0.1) is 5.92 Å². The summed E-state index contributed by atoms with van der Waals surface area (Å²) in [6.07, 6.45) is 5.50. The van der Waals surface area contributed by atoms with Gasteiger partial charge < -0.3 is 10.4 Å². The molecule has 0 radical (unpaired) electrons. The van der Waals surface area contributed by atoms with E-state index in [0.717, 1.165) is 19.3 Å². The van der Waals surface area contributed by atoms with E-state index in [0.29, 0.717) is 12.0 Å². The van der Waals surface area contributed by atoms with E-state index in [2.05, 4.69) is 49.5 Å². The summed E-state index contributed by atoms with van der Waals surface area (Å²) in [7, 11) is 0. The monoisotopic (exact) mass is 261 g/mol. The molecule has 0 aliphatic heterocycles.